The molecule has 0 aromatic heterocycles. The topological polar surface area (TPSA) is 99.3 Å². The number of nitrogens with zero attached hydrogens (tertiary/aromatic N) is 3. The largest absolute Gasteiger partial charge is 0.456 e. The fraction of sp³-hybridized carbons (Fsp3) is 0.727. The van der Waals surface area contributed by atoms with Crippen molar-refractivity contribution in [2.75, 3.05) is 20.1 Å². The first kappa shape index (κ1) is 44.2. The van der Waals surface area contributed by atoms with E-state index in [1.165, 1.54) is 32.1 Å². The number of rotatable bonds is 20. The summed E-state index contributed by atoms with van der Waals surface area (Å²) in [5.41, 5.74) is 1.48. The monoisotopic (exact) mass is 737 g/mol. The summed E-state index contributed by atoms with van der Waals surface area (Å²) in [6, 6.07) is 8.22. The number of amides is 3. The third kappa shape index (κ3) is 13.0. The quantitative estimate of drug-likeness (QED) is 0.0823. The molecule has 5 atom stereocenters. The van der Waals surface area contributed by atoms with E-state index in [1.807, 2.05) is 64.1 Å². The van der Waals surface area contributed by atoms with Gasteiger partial charge in [-0.1, -0.05) is 116 Å². The van der Waals surface area contributed by atoms with Gasteiger partial charge in [0, 0.05) is 25.2 Å². The highest BCUT2D eigenvalue weighted by Crippen LogP contribution is 2.29. The van der Waals surface area contributed by atoms with Gasteiger partial charge in [-0.15, -0.1) is 0 Å². The molecule has 4 unspecified atom stereocenters. The zero-order chi connectivity index (χ0) is 39.1. The Morgan fingerprint density at radius 3 is 2.11 bits per heavy atom. The molecule has 0 spiro atoms. The average Bonchev–Trinajstić information content (AvgIpc) is 3.64. The minimum absolute atomic E-state index is 0.00241. The van der Waals surface area contributed by atoms with Crippen LogP contribution in [0, 0.1) is 11.8 Å². The average molecular weight is 737 g/mol. The van der Waals surface area contributed by atoms with Crippen LogP contribution in [-0.2, 0) is 23.9 Å². The predicted molar refractivity (Wildman–Crippen MR) is 214 cm³/mol. The van der Waals surface area contributed by atoms with Crippen LogP contribution >= 0.6 is 0 Å². The van der Waals surface area contributed by atoms with E-state index in [-0.39, 0.29) is 59.8 Å². The van der Waals surface area contributed by atoms with Gasteiger partial charge in [0.15, 0.2) is 0 Å². The van der Waals surface area contributed by atoms with Crippen LogP contribution in [0.5, 0.6) is 0 Å². The summed E-state index contributed by atoms with van der Waals surface area (Å²) in [5.74, 6) is -0.942. The smallest absolute Gasteiger partial charge is 0.329 e. The summed E-state index contributed by atoms with van der Waals surface area (Å²) in [6.07, 6.45) is 14.7. The normalized spacial score (nSPS) is 20.1. The van der Waals surface area contributed by atoms with Crippen molar-refractivity contribution in [3.05, 3.63) is 47.5 Å². The van der Waals surface area contributed by atoms with E-state index in [2.05, 4.69) is 31.0 Å². The maximum atomic E-state index is 14.1. The van der Waals surface area contributed by atoms with Gasteiger partial charge in [-0.05, 0) is 83.2 Å². The minimum atomic E-state index is -0.689. The van der Waals surface area contributed by atoms with E-state index in [0.717, 1.165) is 57.1 Å². The molecule has 1 aromatic rings. The molecule has 1 N–H and O–H groups in total. The molecular formula is C44H72N4O5. The summed E-state index contributed by atoms with van der Waals surface area (Å²) < 4.78 is 6.22. The van der Waals surface area contributed by atoms with Gasteiger partial charge in [-0.2, -0.15) is 0 Å². The molecular weight excluding hydrogens is 665 g/mol. The van der Waals surface area contributed by atoms with Crippen LogP contribution in [0.15, 0.2) is 42.0 Å². The highest BCUT2D eigenvalue weighted by Gasteiger charge is 2.39. The number of hydrogen-bond donors (Lipinski definition) is 1. The Hall–Kier alpha value is -3.20. The third-order valence-electron chi connectivity index (χ3n) is 11.3. The maximum absolute atomic E-state index is 14.1. The molecule has 0 radical (unpaired) electrons. The van der Waals surface area contributed by atoms with Crippen molar-refractivity contribution < 1.29 is 23.9 Å². The molecule has 1 aromatic carbocycles. The lowest BCUT2D eigenvalue weighted by molar-refractivity contribution is -0.158. The van der Waals surface area contributed by atoms with Gasteiger partial charge in [0.2, 0.25) is 17.7 Å². The Morgan fingerprint density at radius 1 is 0.849 bits per heavy atom. The van der Waals surface area contributed by atoms with E-state index in [9.17, 15) is 19.2 Å². The SMILES string of the molecule is CCCCCCCCCC(OC(=O)C1CCCN1C(=O)/C(C)=C/[C@H](C(C)C)N(C)C(=O)C(NC(=O)C1CCCCN1C(C)C)C(C)C)c1ccccc1. The number of ether oxygens (including phenoxy) is 1. The lowest BCUT2D eigenvalue weighted by atomic mass is 9.95. The number of nitrogens with one attached hydrogen (secondary N) is 1. The highest BCUT2D eigenvalue weighted by atomic mass is 16.5. The molecule has 2 fully saturated rings. The molecule has 2 heterocycles. The van der Waals surface area contributed by atoms with E-state index in [4.69, 9.17) is 4.74 Å². The van der Waals surface area contributed by atoms with Gasteiger partial charge in [-0.25, -0.2) is 4.79 Å². The van der Waals surface area contributed by atoms with Gasteiger partial charge in [0.25, 0.3) is 0 Å². The summed E-state index contributed by atoms with van der Waals surface area (Å²) >= 11 is 0. The van der Waals surface area contributed by atoms with Crippen LogP contribution < -0.4 is 5.32 Å². The van der Waals surface area contributed by atoms with E-state index in [0.29, 0.717) is 18.5 Å². The molecule has 0 aliphatic carbocycles. The zero-order valence-corrected chi connectivity index (χ0v) is 34.6. The second-order valence-electron chi connectivity index (χ2n) is 16.5. The summed E-state index contributed by atoms with van der Waals surface area (Å²) in [6.45, 7) is 17.5. The summed E-state index contributed by atoms with van der Waals surface area (Å²) in [5, 5.41) is 3.12. The molecule has 3 amide bonds. The van der Waals surface area contributed by atoms with Crippen molar-refractivity contribution in [2.24, 2.45) is 11.8 Å². The van der Waals surface area contributed by atoms with Gasteiger partial charge in [0.05, 0.1) is 12.1 Å². The molecule has 298 valence electrons. The fourth-order valence-corrected chi connectivity index (χ4v) is 8.01. The maximum Gasteiger partial charge on any atom is 0.329 e. The number of benzene rings is 1. The summed E-state index contributed by atoms with van der Waals surface area (Å²) in [7, 11) is 1.76. The van der Waals surface area contributed by atoms with Crippen molar-refractivity contribution in [1.82, 2.24) is 20.0 Å². The van der Waals surface area contributed by atoms with Crippen LogP contribution in [0.2, 0.25) is 0 Å². The predicted octanol–water partition coefficient (Wildman–Crippen LogP) is 8.24. The second kappa shape index (κ2) is 22.2. The van der Waals surface area contributed by atoms with Crippen molar-refractivity contribution in [1.29, 1.82) is 0 Å². The minimum Gasteiger partial charge on any atom is -0.456 e. The van der Waals surface area contributed by atoms with Crippen LogP contribution in [0.1, 0.15) is 151 Å². The lowest BCUT2D eigenvalue weighted by Crippen LogP contribution is -2.58. The molecule has 9 heteroatoms. The van der Waals surface area contributed by atoms with Gasteiger partial charge >= 0.3 is 5.97 Å². The Morgan fingerprint density at radius 2 is 1.49 bits per heavy atom. The van der Waals surface area contributed by atoms with Crippen molar-refractivity contribution in [2.45, 2.75) is 175 Å². The molecule has 53 heavy (non-hydrogen) atoms. The number of unbranched alkanes of at least 4 members (excludes halogenated alkanes) is 6. The number of hydrogen-bond acceptors (Lipinski definition) is 6. The first-order chi connectivity index (χ1) is 25.3. The van der Waals surface area contributed by atoms with E-state index >= 15 is 0 Å². The standard InChI is InChI=1S/C44H72N4O5/c1-10-11-12-13-14-15-19-27-39(35-23-17-16-18-24-35)53-44(52)37-26-22-29-48(37)42(50)34(8)30-38(31(2)3)46(9)43(51)40(32(4)5)45-41(49)36-25-20-21-28-47(36)33(6)7/h16-18,23-24,30-33,36-40H,10-15,19-22,25-29H2,1-9H3,(H,45,49)/b34-30+/t36?,37?,38-,39?,40?/m1/s1. The lowest BCUT2D eigenvalue weighted by Gasteiger charge is -2.39. The Bertz CT molecular complexity index is 1330. The van der Waals surface area contributed by atoms with Crippen molar-refractivity contribution in [3.63, 3.8) is 0 Å². The third-order valence-corrected chi connectivity index (χ3v) is 11.3. The first-order valence-electron chi connectivity index (χ1n) is 20.9. The molecule has 9 nitrogen and oxygen atoms in total. The summed E-state index contributed by atoms with van der Waals surface area (Å²) in [4.78, 5) is 61.1. The molecule has 0 saturated carbocycles. The number of piperidine rings is 1. The molecule has 2 aliphatic rings. The molecule has 3 rings (SSSR count). The van der Waals surface area contributed by atoms with Crippen LogP contribution in [0.4, 0.5) is 0 Å². The molecule has 2 saturated heterocycles. The number of likely N-dealkylation sites (N-methyl/N-ethyl adjacent to an activating group) is 1. The Kier molecular flexibility index (Phi) is 18.5. The van der Waals surface area contributed by atoms with Crippen molar-refractivity contribution in [3.8, 4) is 0 Å². The van der Waals surface area contributed by atoms with E-state index < -0.39 is 12.1 Å². The van der Waals surface area contributed by atoms with Crippen LogP contribution in [-0.4, -0.2) is 88.7 Å². The van der Waals surface area contributed by atoms with Gasteiger partial charge in [0.1, 0.15) is 18.2 Å². The number of carbonyl (C=O) groups excluding carboxylic acids is 4. The molecule has 2 aliphatic heterocycles. The van der Waals surface area contributed by atoms with Crippen LogP contribution in [0.3, 0.4) is 0 Å². The number of likely N-dealkylation sites (tertiary alicyclic amines) is 2. The number of esters is 1. The fourth-order valence-electron chi connectivity index (χ4n) is 8.01. The Labute approximate surface area is 321 Å². The van der Waals surface area contributed by atoms with Crippen molar-refractivity contribution >= 4 is 23.7 Å². The zero-order valence-electron chi connectivity index (χ0n) is 34.6. The van der Waals surface area contributed by atoms with Gasteiger partial charge in [-0.3, -0.25) is 19.3 Å². The second-order valence-corrected chi connectivity index (χ2v) is 16.5. The Balaban J connectivity index is 1.70. The molecule has 0 bridgehead atoms. The highest BCUT2D eigenvalue weighted by molar-refractivity contribution is 5.96. The van der Waals surface area contributed by atoms with Gasteiger partial charge < -0.3 is 19.9 Å². The number of carbonyl (C=O) groups is 4. The first-order valence-corrected chi connectivity index (χ1v) is 20.9. The van der Waals surface area contributed by atoms with Crippen LogP contribution in [0.25, 0.3) is 0 Å². The van der Waals surface area contributed by atoms with E-state index in [1.54, 1.807) is 23.8 Å².